The summed E-state index contributed by atoms with van der Waals surface area (Å²) in [6.07, 6.45) is 2.33. The lowest BCUT2D eigenvalue weighted by Crippen LogP contribution is -2.48. The number of halogens is 1. The van der Waals surface area contributed by atoms with Gasteiger partial charge in [-0.25, -0.2) is 13.9 Å². The van der Waals surface area contributed by atoms with Crippen molar-refractivity contribution in [2.75, 3.05) is 18.4 Å². The number of carbonyl (C=O) groups excluding carboxylic acids is 2. The molecule has 0 aromatic heterocycles. The van der Waals surface area contributed by atoms with E-state index in [0.717, 1.165) is 22.3 Å². The maximum Gasteiger partial charge on any atom is 0.322 e. The van der Waals surface area contributed by atoms with Crippen molar-refractivity contribution in [1.82, 2.24) is 13.9 Å². The predicted octanol–water partition coefficient (Wildman–Crippen LogP) is 3.87. The van der Waals surface area contributed by atoms with Crippen LogP contribution in [0.5, 0.6) is 0 Å². The van der Waals surface area contributed by atoms with E-state index in [9.17, 15) is 22.4 Å². The first-order valence-electron chi connectivity index (χ1n) is 11.4. The van der Waals surface area contributed by atoms with E-state index >= 15 is 0 Å². The van der Waals surface area contributed by atoms with Gasteiger partial charge in [0, 0.05) is 37.3 Å². The number of hydrogen-bond donors (Lipinski definition) is 2. The van der Waals surface area contributed by atoms with Crippen molar-refractivity contribution >= 4 is 33.4 Å². The molecule has 2 aromatic rings. The lowest BCUT2D eigenvalue weighted by molar-refractivity contribution is -0.126. The highest BCUT2D eigenvalue weighted by molar-refractivity contribution is 7.87. The molecule has 0 radical (unpaired) electrons. The monoisotopic (exact) mass is 500 g/mol. The van der Waals surface area contributed by atoms with Crippen molar-refractivity contribution in [2.24, 2.45) is 5.41 Å². The number of fused-ring (bicyclic) bond motifs is 1. The van der Waals surface area contributed by atoms with Gasteiger partial charge >= 0.3 is 16.2 Å². The molecule has 186 valence electrons. The van der Waals surface area contributed by atoms with E-state index in [1.54, 1.807) is 43.9 Å². The molecule has 0 unspecified atom stereocenters. The number of hydrogen-bond acceptors (Lipinski definition) is 4. The highest BCUT2D eigenvalue weighted by atomic mass is 32.2. The van der Waals surface area contributed by atoms with Crippen LogP contribution < -0.4 is 10.0 Å². The number of amides is 3. The standard InChI is InChI=1S/C25H29FN4O4S/c1-25(2,3)23(31)28-35(33,34)30-12-10-18(11-13-30)17-5-8-22(9-6-17)27-24(32)29-15-19-4-7-21(26)14-20(19)16-29/h4-10,14H,11-13,15-16H2,1-3H3,(H,27,32)(H,28,31). The minimum atomic E-state index is -3.91. The Kier molecular flexibility index (Phi) is 6.70. The van der Waals surface area contributed by atoms with Crippen LogP contribution in [0, 0.1) is 11.2 Å². The van der Waals surface area contributed by atoms with Crippen LogP contribution in [0.3, 0.4) is 0 Å². The fourth-order valence-corrected chi connectivity index (χ4v) is 5.21. The van der Waals surface area contributed by atoms with Crippen molar-refractivity contribution in [2.45, 2.75) is 40.3 Å². The lowest BCUT2D eigenvalue weighted by Gasteiger charge is -2.27. The van der Waals surface area contributed by atoms with Gasteiger partial charge in [0.15, 0.2) is 0 Å². The third kappa shape index (κ3) is 5.71. The third-order valence-electron chi connectivity index (χ3n) is 6.10. The quantitative estimate of drug-likeness (QED) is 0.666. The van der Waals surface area contributed by atoms with Gasteiger partial charge in [0.2, 0.25) is 5.91 Å². The van der Waals surface area contributed by atoms with Gasteiger partial charge in [-0.05, 0) is 52.9 Å². The second kappa shape index (κ2) is 9.43. The Bertz CT molecular complexity index is 1280. The van der Waals surface area contributed by atoms with Gasteiger partial charge in [-0.1, -0.05) is 45.0 Å². The molecule has 0 spiro atoms. The molecule has 3 amide bonds. The van der Waals surface area contributed by atoms with Crippen LogP contribution in [0.4, 0.5) is 14.9 Å². The first-order valence-corrected chi connectivity index (χ1v) is 12.8. The van der Waals surface area contributed by atoms with Gasteiger partial charge < -0.3 is 10.2 Å². The molecule has 2 heterocycles. The first-order chi connectivity index (χ1) is 16.4. The first kappa shape index (κ1) is 24.9. The molecule has 0 fully saturated rings. The molecule has 2 N–H and O–H groups in total. The van der Waals surface area contributed by atoms with E-state index in [-0.39, 0.29) is 24.9 Å². The van der Waals surface area contributed by atoms with Crippen molar-refractivity contribution in [3.8, 4) is 0 Å². The fraction of sp³-hybridized carbons (Fsp3) is 0.360. The average molecular weight is 501 g/mol. The minimum absolute atomic E-state index is 0.163. The molecular weight excluding hydrogens is 471 g/mol. The zero-order valence-electron chi connectivity index (χ0n) is 20.0. The van der Waals surface area contributed by atoms with Gasteiger partial charge in [0.05, 0.1) is 0 Å². The second-order valence-electron chi connectivity index (χ2n) is 9.80. The van der Waals surface area contributed by atoms with Crippen LogP contribution in [-0.2, 0) is 28.1 Å². The summed E-state index contributed by atoms with van der Waals surface area (Å²) in [4.78, 5) is 26.4. The summed E-state index contributed by atoms with van der Waals surface area (Å²) in [5.41, 5.74) is 3.50. The highest BCUT2D eigenvalue weighted by Crippen LogP contribution is 2.27. The number of urea groups is 1. The third-order valence-corrected chi connectivity index (χ3v) is 7.55. The van der Waals surface area contributed by atoms with E-state index in [1.807, 2.05) is 18.2 Å². The molecule has 2 aromatic carbocycles. The lowest BCUT2D eigenvalue weighted by atomic mass is 9.96. The molecule has 0 saturated heterocycles. The van der Waals surface area contributed by atoms with Gasteiger partial charge in [0.25, 0.3) is 0 Å². The summed E-state index contributed by atoms with van der Waals surface area (Å²) >= 11 is 0. The van der Waals surface area contributed by atoms with Crippen molar-refractivity contribution in [3.05, 3.63) is 71.0 Å². The molecule has 0 bridgehead atoms. The van der Waals surface area contributed by atoms with Crippen LogP contribution in [0.25, 0.3) is 5.57 Å². The van der Waals surface area contributed by atoms with Gasteiger partial charge in [-0.3, -0.25) is 4.79 Å². The Labute approximate surface area is 205 Å². The fourth-order valence-electron chi connectivity index (χ4n) is 3.94. The molecule has 35 heavy (non-hydrogen) atoms. The largest absolute Gasteiger partial charge is 0.322 e. The van der Waals surface area contributed by atoms with Crippen LogP contribution in [0.15, 0.2) is 48.5 Å². The zero-order valence-corrected chi connectivity index (χ0v) is 20.8. The maximum atomic E-state index is 13.4. The summed E-state index contributed by atoms with van der Waals surface area (Å²) in [5, 5.41) is 2.87. The SMILES string of the molecule is CC(C)(C)C(=O)NS(=O)(=O)N1CC=C(c2ccc(NC(=O)N3Cc4ccc(F)cc4C3)cc2)CC1. The minimum Gasteiger partial charge on any atom is -0.316 e. The summed E-state index contributed by atoms with van der Waals surface area (Å²) in [7, 11) is -3.91. The maximum absolute atomic E-state index is 13.4. The Hall–Kier alpha value is -3.24. The zero-order chi connectivity index (χ0) is 25.4. The Morgan fingerprint density at radius 1 is 1.00 bits per heavy atom. The molecule has 8 nitrogen and oxygen atoms in total. The van der Waals surface area contributed by atoms with Crippen molar-refractivity contribution in [1.29, 1.82) is 0 Å². The molecule has 2 aliphatic heterocycles. The molecular formula is C25H29FN4O4S. The van der Waals surface area contributed by atoms with Gasteiger partial charge in [-0.2, -0.15) is 12.7 Å². The number of nitrogens with zero attached hydrogens (tertiary/aromatic N) is 2. The summed E-state index contributed by atoms with van der Waals surface area (Å²) in [6.45, 7) is 6.18. The number of benzene rings is 2. The van der Waals surface area contributed by atoms with E-state index < -0.39 is 21.5 Å². The average Bonchev–Trinajstić information content (AvgIpc) is 3.22. The molecule has 0 atom stereocenters. The number of nitrogens with one attached hydrogen (secondary N) is 2. The Balaban J connectivity index is 1.34. The predicted molar refractivity (Wildman–Crippen MR) is 132 cm³/mol. The smallest absolute Gasteiger partial charge is 0.316 e. The van der Waals surface area contributed by atoms with Crippen LogP contribution >= 0.6 is 0 Å². The summed E-state index contributed by atoms with van der Waals surface area (Å²) in [5.74, 6) is -0.858. The van der Waals surface area contributed by atoms with Gasteiger partial charge in [0.1, 0.15) is 5.82 Å². The molecule has 4 rings (SSSR count). The van der Waals surface area contributed by atoms with Crippen LogP contribution in [0.1, 0.15) is 43.9 Å². The topological polar surface area (TPSA) is 98.8 Å². The van der Waals surface area contributed by atoms with E-state index in [2.05, 4.69) is 10.0 Å². The normalized spacial score (nSPS) is 16.5. The van der Waals surface area contributed by atoms with E-state index in [0.29, 0.717) is 25.2 Å². The molecule has 0 aliphatic carbocycles. The number of anilines is 1. The van der Waals surface area contributed by atoms with Crippen LogP contribution in [-0.4, -0.2) is 42.7 Å². The van der Waals surface area contributed by atoms with Gasteiger partial charge in [-0.15, -0.1) is 0 Å². The number of rotatable bonds is 4. The Morgan fingerprint density at radius 3 is 2.31 bits per heavy atom. The summed E-state index contributed by atoms with van der Waals surface area (Å²) in [6, 6.07) is 11.6. The summed E-state index contributed by atoms with van der Waals surface area (Å²) < 4.78 is 41.9. The highest BCUT2D eigenvalue weighted by Gasteiger charge is 2.31. The van der Waals surface area contributed by atoms with Crippen molar-refractivity contribution in [3.63, 3.8) is 0 Å². The molecule has 0 saturated carbocycles. The molecule has 2 aliphatic rings. The number of carbonyl (C=O) groups is 2. The Morgan fingerprint density at radius 2 is 1.69 bits per heavy atom. The van der Waals surface area contributed by atoms with Crippen LogP contribution in [0.2, 0.25) is 0 Å². The molecule has 10 heteroatoms. The van der Waals surface area contributed by atoms with E-state index in [4.69, 9.17) is 0 Å². The van der Waals surface area contributed by atoms with Crippen molar-refractivity contribution < 1.29 is 22.4 Å². The van der Waals surface area contributed by atoms with E-state index in [1.165, 1.54) is 16.4 Å². The second-order valence-corrected chi connectivity index (χ2v) is 11.5.